The fraction of sp³-hybridized carbons (Fsp3) is 0.167. The zero-order chi connectivity index (χ0) is 16.8. The van der Waals surface area contributed by atoms with Crippen LogP contribution in [0.5, 0.6) is 11.5 Å². The Morgan fingerprint density at radius 2 is 2.00 bits per heavy atom. The zero-order valence-electron chi connectivity index (χ0n) is 13.2. The first-order valence-corrected chi connectivity index (χ1v) is 8.68. The van der Waals surface area contributed by atoms with Crippen molar-refractivity contribution >= 4 is 28.1 Å². The number of anilines is 1. The van der Waals surface area contributed by atoms with Crippen LogP contribution in [0.2, 0.25) is 5.02 Å². The Kier molecular flexibility index (Phi) is 5.56. The summed E-state index contributed by atoms with van der Waals surface area (Å²) in [6.45, 7) is 1.05. The summed E-state index contributed by atoms with van der Waals surface area (Å²) in [6, 6.07) is 13.7. The van der Waals surface area contributed by atoms with Gasteiger partial charge in [-0.05, 0) is 23.3 Å². The largest absolute Gasteiger partial charge is 0.493 e. The van der Waals surface area contributed by atoms with E-state index in [1.54, 1.807) is 24.6 Å². The lowest BCUT2D eigenvalue weighted by atomic mass is 10.2. The van der Waals surface area contributed by atoms with Gasteiger partial charge in [0, 0.05) is 18.1 Å². The van der Waals surface area contributed by atoms with E-state index in [4.69, 9.17) is 21.1 Å². The van der Waals surface area contributed by atoms with Crippen molar-refractivity contribution in [2.75, 3.05) is 12.4 Å². The molecule has 0 saturated carbocycles. The van der Waals surface area contributed by atoms with Gasteiger partial charge in [0.15, 0.2) is 16.6 Å². The van der Waals surface area contributed by atoms with Gasteiger partial charge in [0.05, 0.1) is 12.1 Å². The first-order chi connectivity index (χ1) is 11.8. The van der Waals surface area contributed by atoms with Crippen molar-refractivity contribution in [1.82, 2.24) is 4.98 Å². The van der Waals surface area contributed by atoms with Crippen LogP contribution >= 0.6 is 22.9 Å². The van der Waals surface area contributed by atoms with E-state index in [9.17, 15) is 0 Å². The number of hydrogen-bond acceptors (Lipinski definition) is 5. The summed E-state index contributed by atoms with van der Waals surface area (Å²) in [5.74, 6) is 1.18. The minimum Gasteiger partial charge on any atom is -0.493 e. The molecule has 0 aliphatic heterocycles. The first-order valence-electron chi connectivity index (χ1n) is 7.43. The van der Waals surface area contributed by atoms with Crippen LogP contribution in [0, 0.1) is 0 Å². The molecule has 124 valence electrons. The monoisotopic (exact) mass is 360 g/mol. The lowest BCUT2D eigenvalue weighted by Gasteiger charge is -2.14. The van der Waals surface area contributed by atoms with Crippen LogP contribution in [0.15, 0.2) is 54.0 Å². The van der Waals surface area contributed by atoms with Gasteiger partial charge in [0.25, 0.3) is 0 Å². The fourth-order valence-corrected chi connectivity index (χ4v) is 3.05. The van der Waals surface area contributed by atoms with Crippen molar-refractivity contribution in [3.63, 3.8) is 0 Å². The average molecular weight is 361 g/mol. The molecule has 0 spiro atoms. The number of aromatic nitrogens is 1. The van der Waals surface area contributed by atoms with E-state index in [1.807, 2.05) is 47.8 Å². The van der Waals surface area contributed by atoms with Gasteiger partial charge >= 0.3 is 0 Å². The second-order valence-corrected chi connectivity index (χ2v) is 6.38. The standard InChI is InChI=1S/C18H17ClN2O2S/c1-22-16-10-14(11-21-18-20-7-8-24-18)9-15(19)17(16)23-12-13-5-3-2-4-6-13/h2-10H,11-12H2,1H3,(H,20,21). The van der Waals surface area contributed by atoms with Gasteiger partial charge in [0.1, 0.15) is 6.61 Å². The molecular weight excluding hydrogens is 344 g/mol. The maximum atomic E-state index is 6.39. The third kappa shape index (κ3) is 4.19. The van der Waals surface area contributed by atoms with Gasteiger partial charge in [0.2, 0.25) is 0 Å². The molecule has 0 aliphatic carbocycles. The summed E-state index contributed by atoms with van der Waals surface area (Å²) in [6.07, 6.45) is 1.76. The highest BCUT2D eigenvalue weighted by Gasteiger charge is 2.12. The lowest BCUT2D eigenvalue weighted by molar-refractivity contribution is 0.284. The van der Waals surface area contributed by atoms with Gasteiger partial charge < -0.3 is 14.8 Å². The van der Waals surface area contributed by atoms with Gasteiger partial charge in [-0.1, -0.05) is 41.9 Å². The molecule has 3 aromatic rings. The number of nitrogens with zero attached hydrogens (tertiary/aromatic N) is 1. The molecule has 0 fully saturated rings. The molecule has 0 atom stereocenters. The molecule has 0 saturated heterocycles. The summed E-state index contributed by atoms with van der Waals surface area (Å²) in [7, 11) is 1.61. The molecule has 1 aromatic heterocycles. The minimum atomic E-state index is 0.438. The molecule has 1 heterocycles. The van der Waals surface area contributed by atoms with Gasteiger partial charge in [-0.2, -0.15) is 0 Å². The molecule has 0 amide bonds. The molecule has 3 rings (SSSR count). The second kappa shape index (κ2) is 8.04. The van der Waals surface area contributed by atoms with Crippen molar-refractivity contribution in [2.24, 2.45) is 0 Å². The van der Waals surface area contributed by atoms with Crippen LogP contribution in [0.1, 0.15) is 11.1 Å². The van der Waals surface area contributed by atoms with Crippen molar-refractivity contribution in [3.05, 3.63) is 70.2 Å². The summed E-state index contributed by atoms with van der Waals surface area (Å²) >= 11 is 7.95. The van der Waals surface area contributed by atoms with Crippen LogP contribution in [-0.2, 0) is 13.2 Å². The average Bonchev–Trinajstić information content (AvgIpc) is 3.13. The molecule has 0 aliphatic rings. The highest BCUT2D eigenvalue weighted by atomic mass is 35.5. The summed E-state index contributed by atoms with van der Waals surface area (Å²) in [5.41, 5.74) is 2.07. The topological polar surface area (TPSA) is 43.4 Å². The van der Waals surface area contributed by atoms with E-state index < -0.39 is 0 Å². The van der Waals surface area contributed by atoms with E-state index in [2.05, 4.69) is 10.3 Å². The number of thiazole rings is 1. The van der Waals surface area contributed by atoms with Crippen LogP contribution in [0.4, 0.5) is 5.13 Å². The number of benzene rings is 2. The Morgan fingerprint density at radius 3 is 2.71 bits per heavy atom. The number of ether oxygens (including phenoxy) is 2. The predicted octanol–water partition coefficient (Wildman–Crippen LogP) is 5.00. The molecule has 24 heavy (non-hydrogen) atoms. The normalized spacial score (nSPS) is 10.4. The molecule has 0 radical (unpaired) electrons. The zero-order valence-corrected chi connectivity index (χ0v) is 14.7. The Hall–Kier alpha value is -2.24. The highest BCUT2D eigenvalue weighted by molar-refractivity contribution is 7.13. The lowest BCUT2D eigenvalue weighted by Crippen LogP contribution is -2.02. The van der Waals surface area contributed by atoms with E-state index in [0.717, 1.165) is 16.3 Å². The predicted molar refractivity (Wildman–Crippen MR) is 98.2 cm³/mol. The maximum absolute atomic E-state index is 6.39. The molecule has 1 N–H and O–H groups in total. The van der Waals surface area contributed by atoms with Crippen LogP contribution in [0.25, 0.3) is 0 Å². The summed E-state index contributed by atoms with van der Waals surface area (Å²) in [4.78, 5) is 4.20. The fourth-order valence-electron chi connectivity index (χ4n) is 2.23. The van der Waals surface area contributed by atoms with Crippen molar-refractivity contribution in [1.29, 1.82) is 0 Å². The quantitative estimate of drug-likeness (QED) is 0.644. The Labute approximate surface area is 150 Å². The molecule has 0 unspecified atom stereocenters. The van der Waals surface area contributed by atoms with Crippen LogP contribution < -0.4 is 14.8 Å². The Morgan fingerprint density at radius 1 is 1.17 bits per heavy atom. The van der Waals surface area contributed by atoms with Crippen molar-refractivity contribution < 1.29 is 9.47 Å². The Bertz CT molecular complexity index is 779. The molecule has 0 bridgehead atoms. The van der Waals surface area contributed by atoms with Gasteiger partial charge in [-0.25, -0.2) is 4.98 Å². The van der Waals surface area contributed by atoms with Crippen LogP contribution in [0.3, 0.4) is 0 Å². The Balaban J connectivity index is 1.72. The first kappa shape index (κ1) is 16.6. The number of methoxy groups -OCH3 is 1. The maximum Gasteiger partial charge on any atom is 0.182 e. The van der Waals surface area contributed by atoms with Gasteiger partial charge in [-0.3, -0.25) is 0 Å². The van der Waals surface area contributed by atoms with E-state index in [-0.39, 0.29) is 0 Å². The number of nitrogens with one attached hydrogen (secondary N) is 1. The van der Waals surface area contributed by atoms with Crippen molar-refractivity contribution in [3.8, 4) is 11.5 Å². The minimum absolute atomic E-state index is 0.438. The smallest absolute Gasteiger partial charge is 0.182 e. The SMILES string of the molecule is COc1cc(CNc2nccs2)cc(Cl)c1OCc1ccccc1. The third-order valence-corrected chi connectivity index (χ3v) is 4.40. The van der Waals surface area contributed by atoms with Gasteiger partial charge in [-0.15, -0.1) is 11.3 Å². The number of hydrogen-bond donors (Lipinski definition) is 1. The van der Waals surface area contributed by atoms with E-state index in [1.165, 1.54) is 0 Å². The molecule has 4 nitrogen and oxygen atoms in total. The highest BCUT2D eigenvalue weighted by Crippen LogP contribution is 2.37. The third-order valence-electron chi connectivity index (χ3n) is 3.39. The van der Waals surface area contributed by atoms with Crippen molar-refractivity contribution in [2.45, 2.75) is 13.2 Å². The number of rotatable bonds is 7. The van der Waals surface area contributed by atoms with E-state index in [0.29, 0.717) is 29.7 Å². The van der Waals surface area contributed by atoms with E-state index >= 15 is 0 Å². The summed E-state index contributed by atoms with van der Waals surface area (Å²) < 4.78 is 11.3. The molecule has 6 heteroatoms. The second-order valence-electron chi connectivity index (χ2n) is 5.07. The number of halogens is 1. The van der Waals surface area contributed by atoms with Crippen LogP contribution in [-0.4, -0.2) is 12.1 Å². The summed E-state index contributed by atoms with van der Waals surface area (Å²) in [5, 5.41) is 6.57. The molecule has 2 aromatic carbocycles. The molecular formula is C18H17ClN2O2S.